The van der Waals surface area contributed by atoms with Gasteiger partial charge in [0.2, 0.25) is 5.91 Å². The highest BCUT2D eigenvalue weighted by Gasteiger charge is 2.25. The van der Waals surface area contributed by atoms with Crippen molar-refractivity contribution >= 4 is 17.8 Å². The molecule has 1 aliphatic rings. The number of rotatable bonds is 5. The van der Waals surface area contributed by atoms with E-state index < -0.39 is 12.1 Å². The number of carboxylic acid groups (broad SMARTS) is 1. The molecule has 118 valence electrons. The Morgan fingerprint density at radius 3 is 2.68 bits per heavy atom. The maximum Gasteiger partial charge on any atom is 0.306 e. The lowest BCUT2D eigenvalue weighted by atomic mass is 10.2. The number of carbonyl (C=O) groups is 3. The van der Waals surface area contributed by atoms with Gasteiger partial charge in [-0.2, -0.15) is 0 Å². The number of carboxylic acids is 1. The van der Waals surface area contributed by atoms with E-state index in [1.165, 1.54) is 4.90 Å². The minimum atomic E-state index is -0.961. The third-order valence-electron chi connectivity index (χ3n) is 3.33. The van der Waals surface area contributed by atoms with Crippen LogP contribution in [0.4, 0.5) is 0 Å². The summed E-state index contributed by atoms with van der Waals surface area (Å²) in [6.07, 6.45) is -0.639. The third kappa shape index (κ3) is 4.56. The second kappa shape index (κ2) is 7.56. The second-order valence-corrected chi connectivity index (χ2v) is 4.98. The number of nitrogens with zero attached hydrogens (tertiary/aromatic N) is 1. The van der Waals surface area contributed by atoms with Crippen molar-refractivity contribution in [2.75, 3.05) is 26.2 Å². The lowest BCUT2D eigenvalue weighted by Gasteiger charge is -2.32. The molecule has 1 unspecified atom stereocenters. The van der Waals surface area contributed by atoms with E-state index in [1.54, 1.807) is 30.3 Å². The number of nitrogens with one attached hydrogen (secondary N) is 1. The molecular formula is C15H18N2O5. The predicted molar refractivity (Wildman–Crippen MR) is 77.3 cm³/mol. The quantitative estimate of drug-likeness (QED) is 0.805. The molecular weight excluding hydrogens is 288 g/mol. The van der Waals surface area contributed by atoms with Gasteiger partial charge in [0.25, 0.3) is 5.91 Å². The Morgan fingerprint density at radius 1 is 1.27 bits per heavy atom. The standard InChI is InChI=1S/C15H18N2O5/c18-13(9-16-15(21)11-4-2-1-3-5-11)17-6-7-22-12(10-17)8-14(19)20/h1-5,12H,6-10H2,(H,16,21)(H,19,20). The van der Waals surface area contributed by atoms with Crippen molar-refractivity contribution in [3.8, 4) is 0 Å². The molecule has 2 rings (SSSR count). The first-order valence-electron chi connectivity index (χ1n) is 7.00. The molecule has 2 amide bonds. The Balaban J connectivity index is 1.81. The molecule has 1 atom stereocenters. The zero-order valence-electron chi connectivity index (χ0n) is 12.0. The molecule has 1 aliphatic heterocycles. The van der Waals surface area contributed by atoms with Crippen molar-refractivity contribution in [3.05, 3.63) is 35.9 Å². The van der Waals surface area contributed by atoms with E-state index in [4.69, 9.17) is 9.84 Å². The third-order valence-corrected chi connectivity index (χ3v) is 3.33. The van der Waals surface area contributed by atoms with Crippen LogP contribution < -0.4 is 5.32 Å². The molecule has 1 aromatic carbocycles. The number of aliphatic carboxylic acids is 1. The number of amides is 2. The Morgan fingerprint density at radius 2 is 2.00 bits per heavy atom. The highest BCUT2D eigenvalue weighted by atomic mass is 16.5. The van der Waals surface area contributed by atoms with Crippen molar-refractivity contribution in [3.63, 3.8) is 0 Å². The lowest BCUT2D eigenvalue weighted by molar-refractivity contribution is -0.147. The largest absolute Gasteiger partial charge is 0.481 e. The van der Waals surface area contributed by atoms with Crippen molar-refractivity contribution in [1.29, 1.82) is 0 Å². The molecule has 1 saturated heterocycles. The SMILES string of the molecule is O=C(O)CC1CN(C(=O)CNC(=O)c2ccccc2)CCO1. The van der Waals surface area contributed by atoms with Crippen LogP contribution in [0.15, 0.2) is 30.3 Å². The van der Waals surface area contributed by atoms with Gasteiger partial charge in [-0.1, -0.05) is 18.2 Å². The van der Waals surface area contributed by atoms with Gasteiger partial charge < -0.3 is 20.1 Å². The van der Waals surface area contributed by atoms with Crippen molar-refractivity contribution in [1.82, 2.24) is 10.2 Å². The summed E-state index contributed by atoms with van der Waals surface area (Å²) in [4.78, 5) is 36.1. The number of benzene rings is 1. The van der Waals surface area contributed by atoms with Crippen LogP contribution in [0.25, 0.3) is 0 Å². The van der Waals surface area contributed by atoms with E-state index in [1.807, 2.05) is 0 Å². The summed E-state index contributed by atoms with van der Waals surface area (Å²) in [6, 6.07) is 8.62. The Labute approximate surface area is 127 Å². The summed E-state index contributed by atoms with van der Waals surface area (Å²) >= 11 is 0. The zero-order valence-corrected chi connectivity index (χ0v) is 12.0. The van der Waals surface area contributed by atoms with Gasteiger partial charge in [0.15, 0.2) is 0 Å². The summed E-state index contributed by atoms with van der Waals surface area (Å²) < 4.78 is 5.30. The molecule has 7 nitrogen and oxygen atoms in total. The molecule has 1 fully saturated rings. The van der Waals surface area contributed by atoms with E-state index in [0.717, 1.165) is 0 Å². The van der Waals surface area contributed by atoms with E-state index in [9.17, 15) is 14.4 Å². The average molecular weight is 306 g/mol. The number of hydrogen-bond acceptors (Lipinski definition) is 4. The lowest BCUT2D eigenvalue weighted by Crippen LogP contribution is -2.49. The molecule has 0 spiro atoms. The van der Waals surface area contributed by atoms with Crippen LogP contribution in [-0.2, 0) is 14.3 Å². The molecule has 0 saturated carbocycles. The summed E-state index contributed by atoms with van der Waals surface area (Å²) in [6.45, 7) is 0.812. The van der Waals surface area contributed by atoms with Crippen LogP contribution >= 0.6 is 0 Å². The predicted octanol–water partition coefficient (Wildman–Crippen LogP) is 0.119. The molecule has 0 aromatic heterocycles. The first kappa shape index (κ1) is 16.0. The van der Waals surface area contributed by atoms with Gasteiger partial charge in [-0.15, -0.1) is 0 Å². The number of morpholine rings is 1. The average Bonchev–Trinajstić information content (AvgIpc) is 2.52. The monoisotopic (exact) mass is 306 g/mol. The fourth-order valence-corrected chi connectivity index (χ4v) is 2.22. The van der Waals surface area contributed by atoms with Crippen LogP contribution in [0.3, 0.4) is 0 Å². The fourth-order valence-electron chi connectivity index (χ4n) is 2.22. The highest BCUT2D eigenvalue weighted by molar-refractivity contribution is 5.96. The molecule has 22 heavy (non-hydrogen) atoms. The van der Waals surface area contributed by atoms with Gasteiger partial charge in [0.1, 0.15) is 0 Å². The van der Waals surface area contributed by atoms with Gasteiger partial charge >= 0.3 is 5.97 Å². The molecule has 2 N–H and O–H groups in total. The first-order chi connectivity index (χ1) is 10.6. The highest BCUT2D eigenvalue weighted by Crippen LogP contribution is 2.09. The summed E-state index contributed by atoms with van der Waals surface area (Å²) in [5.74, 6) is -1.52. The van der Waals surface area contributed by atoms with Crippen LogP contribution in [-0.4, -0.2) is 60.1 Å². The summed E-state index contributed by atoms with van der Waals surface area (Å²) in [7, 11) is 0. The van der Waals surface area contributed by atoms with E-state index in [0.29, 0.717) is 18.7 Å². The molecule has 0 radical (unpaired) electrons. The minimum Gasteiger partial charge on any atom is -0.481 e. The van der Waals surface area contributed by atoms with Crippen LogP contribution in [0.1, 0.15) is 16.8 Å². The Bertz CT molecular complexity index is 546. The fraction of sp³-hybridized carbons (Fsp3) is 0.400. The van der Waals surface area contributed by atoms with E-state index >= 15 is 0 Å². The topological polar surface area (TPSA) is 95.9 Å². The Hall–Kier alpha value is -2.41. The van der Waals surface area contributed by atoms with Crippen LogP contribution in [0.5, 0.6) is 0 Å². The molecule has 7 heteroatoms. The molecule has 1 aromatic rings. The normalized spacial score (nSPS) is 17.8. The van der Waals surface area contributed by atoms with Crippen LogP contribution in [0.2, 0.25) is 0 Å². The summed E-state index contributed by atoms with van der Waals surface area (Å²) in [5.41, 5.74) is 0.487. The van der Waals surface area contributed by atoms with E-state index in [-0.39, 0.29) is 31.3 Å². The van der Waals surface area contributed by atoms with Crippen molar-refractivity contribution < 1.29 is 24.2 Å². The van der Waals surface area contributed by atoms with Crippen molar-refractivity contribution in [2.45, 2.75) is 12.5 Å². The molecule has 0 bridgehead atoms. The first-order valence-corrected chi connectivity index (χ1v) is 7.00. The molecule has 1 heterocycles. The second-order valence-electron chi connectivity index (χ2n) is 4.98. The molecule has 0 aliphatic carbocycles. The zero-order chi connectivity index (χ0) is 15.9. The number of hydrogen-bond donors (Lipinski definition) is 2. The van der Waals surface area contributed by atoms with Gasteiger partial charge in [-0.3, -0.25) is 14.4 Å². The summed E-state index contributed by atoms with van der Waals surface area (Å²) in [5, 5.41) is 11.3. The van der Waals surface area contributed by atoms with Crippen LogP contribution in [0, 0.1) is 0 Å². The van der Waals surface area contributed by atoms with E-state index in [2.05, 4.69) is 5.32 Å². The maximum atomic E-state index is 12.1. The van der Waals surface area contributed by atoms with Gasteiger partial charge in [-0.25, -0.2) is 0 Å². The van der Waals surface area contributed by atoms with Gasteiger partial charge in [0, 0.05) is 18.7 Å². The number of ether oxygens (including phenoxy) is 1. The van der Waals surface area contributed by atoms with Gasteiger partial charge in [0.05, 0.1) is 25.7 Å². The minimum absolute atomic E-state index is 0.118. The maximum absolute atomic E-state index is 12.1. The van der Waals surface area contributed by atoms with Gasteiger partial charge in [-0.05, 0) is 12.1 Å². The van der Waals surface area contributed by atoms with Crippen molar-refractivity contribution in [2.24, 2.45) is 0 Å². The Kier molecular flexibility index (Phi) is 5.48. The smallest absolute Gasteiger partial charge is 0.306 e. The number of carbonyl (C=O) groups excluding carboxylic acids is 2.